The molecule has 2 heteroatoms. The van der Waals surface area contributed by atoms with Crippen molar-refractivity contribution in [3.63, 3.8) is 0 Å². The molecule has 0 fully saturated rings. The fraction of sp³-hybridized carbons (Fsp3) is 0.214. The Morgan fingerprint density at radius 1 is 1.06 bits per heavy atom. The first-order valence-corrected chi connectivity index (χ1v) is 6.33. The molecular weight excluding hydrogens is 214 g/mol. The number of nitrogens with zero attached hydrogens (tertiary/aromatic N) is 1. The van der Waals surface area contributed by atoms with Gasteiger partial charge >= 0.3 is 0 Å². The SMILES string of the molecule is CC(C)c1ccc2sc3cnccc3c2c1. The minimum atomic E-state index is 0.584. The molecule has 0 atom stereocenters. The average Bonchev–Trinajstić information content (AvgIpc) is 2.66. The van der Waals surface area contributed by atoms with Gasteiger partial charge in [0.2, 0.25) is 0 Å². The first kappa shape index (κ1) is 9.79. The van der Waals surface area contributed by atoms with Crippen molar-refractivity contribution < 1.29 is 0 Å². The largest absolute Gasteiger partial charge is 0.263 e. The second kappa shape index (κ2) is 3.56. The van der Waals surface area contributed by atoms with E-state index in [4.69, 9.17) is 0 Å². The summed E-state index contributed by atoms with van der Waals surface area (Å²) < 4.78 is 2.63. The van der Waals surface area contributed by atoms with Crippen molar-refractivity contribution in [2.75, 3.05) is 0 Å². The van der Waals surface area contributed by atoms with Gasteiger partial charge in [-0.3, -0.25) is 4.98 Å². The maximum absolute atomic E-state index is 4.18. The first-order chi connectivity index (χ1) is 7.75. The third-order valence-electron chi connectivity index (χ3n) is 2.96. The smallest absolute Gasteiger partial charge is 0.0538 e. The molecule has 0 bridgehead atoms. The molecule has 3 aromatic rings. The molecular formula is C14H13NS. The predicted molar refractivity (Wildman–Crippen MR) is 71.2 cm³/mol. The van der Waals surface area contributed by atoms with Crippen LogP contribution in [0.5, 0.6) is 0 Å². The number of rotatable bonds is 1. The van der Waals surface area contributed by atoms with Crippen molar-refractivity contribution in [1.82, 2.24) is 4.98 Å². The van der Waals surface area contributed by atoms with Gasteiger partial charge in [-0.15, -0.1) is 11.3 Å². The highest BCUT2D eigenvalue weighted by molar-refractivity contribution is 7.25. The highest BCUT2D eigenvalue weighted by Gasteiger charge is 2.06. The van der Waals surface area contributed by atoms with Crippen molar-refractivity contribution in [3.8, 4) is 0 Å². The van der Waals surface area contributed by atoms with Gasteiger partial charge in [0.05, 0.1) is 4.70 Å². The molecule has 1 nitrogen and oxygen atoms in total. The van der Waals surface area contributed by atoms with Crippen LogP contribution in [0.15, 0.2) is 36.7 Å². The van der Waals surface area contributed by atoms with Crippen molar-refractivity contribution >= 4 is 31.5 Å². The van der Waals surface area contributed by atoms with Gasteiger partial charge in [-0.1, -0.05) is 19.9 Å². The molecule has 0 aliphatic heterocycles. The summed E-state index contributed by atoms with van der Waals surface area (Å²) in [6.45, 7) is 4.47. The third-order valence-corrected chi connectivity index (χ3v) is 4.09. The maximum atomic E-state index is 4.18. The summed E-state index contributed by atoms with van der Waals surface area (Å²) in [4.78, 5) is 4.18. The lowest BCUT2D eigenvalue weighted by molar-refractivity contribution is 0.869. The number of pyridine rings is 1. The minimum Gasteiger partial charge on any atom is -0.263 e. The fourth-order valence-electron chi connectivity index (χ4n) is 2.01. The van der Waals surface area contributed by atoms with Crippen LogP contribution in [0.4, 0.5) is 0 Å². The molecule has 0 spiro atoms. The summed E-state index contributed by atoms with van der Waals surface area (Å²) in [6.07, 6.45) is 3.82. The van der Waals surface area contributed by atoms with E-state index in [1.807, 2.05) is 23.7 Å². The lowest BCUT2D eigenvalue weighted by Gasteiger charge is -2.04. The number of thiophene rings is 1. The molecule has 0 radical (unpaired) electrons. The van der Waals surface area contributed by atoms with E-state index < -0.39 is 0 Å². The monoisotopic (exact) mass is 227 g/mol. The maximum Gasteiger partial charge on any atom is 0.0538 e. The van der Waals surface area contributed by atoms with Crippen LogP contribution in [0.3, 0.4) is 0 Å². The number of fused-ring (bicyclic) bond motifs is 3. The molecule has 0 aliphatic rings. The quantitative estimate of drug-likeness (QED) is 0.593. The Morgan fingerprint density at radius 3 is 2.75 bits per heavy atom. The van der Waals surface area contributed by atoms with Gasteiger partial charge in [0.25, 0.3) is 0 Å². The second-order valence-electron chi connectivity index (χ2n) is 4.38. The van der Waals surface area contributed by atoms with E-state index in [0.717, 1.165) is 0 Å². The summed E-state index contributed by atoms with van der Waals surface area (Å²) >= 11 is 1.82. The van der Waals surface area contributed by atoms with Crippen LogP contribution in [0.2, 0.25) is 0 Å². The van der Waals surface area contributed by atoms with E-state index in [9.17, 15) is 0 Å². The summed E-state index contributed by atoms with van der Waals surface area (Å²) in [5, 5.41) is 2.70. The van der Waals surface area contributed by atoms with Crippen LogP contribution >= 0.6 is 11.3 Å². The Kier molecular flexibility index (Phi) is 2.18. The van der Waals surface area contributed by atoms with Gasteiger partial charge in [-0.25, -0.2) is 0 Å². The molecule has 1 aromatic carbocycles. The van der Waals surface area contributed by atoms with Gasteiger partial charge in [0, 0.05) is 27.9 Å². The Hall–Kier alpha value is -1.41. The van der Waals surface area contributed by atoms with E-state index in [0.29, 0.717) is 5.92 Å². The van der Waals surface area contributed by atoms with E-state index in [-0.39, 0.29) is 0 Å². The molecule has 2 aromatic heterocycles. The zero-order valence-corrected chi connectivity index (χ0v) is 10.2. The molecule has 0 saturated heterocycles. The summed E-state index contributed by atoms with van der Waals surface area (Å²) in [5.74, 6) is 0.584. The van der Waals surface area contributed by atoms with Crippen LogP contribution < -0.4 is 0 Å². The van der Waals surface area contributed by atoms with Gasteiger partial charge in [-0.2, -0.15) is 0 Å². The van der Waals surface area contributed by atoms with E-state index in [1.165, 1.54) is 25.7 Å². The zero-order chi connectivity index (χ0) is 11.1. The van der Waals surface area contributed by atoms with Crippen LogP contribution in [0.25, 0.3) is 20.2 Å². The van der Waals surface area contributed by atoms with Gasteiger partial charge in [-0.05, 0) is 29.7 Å². The number of aromatic nitrogens is 1. The molecule has 80 valence electrons. The molecule has 3 rings (SSSR count). The van der Waals surface area contributed by atoms with Crippen molar-refractivity contribution in [1.29, 1.82) is 0 Å². The van der Waals surface area contributed by atoms with Crippen molar-refractivity contribution in [2.45, 2.75) is 19.8 Å². The van der Waals surface area contributed by atoms with Crippen molar-refractivity contribution in [2.24, 2.45) is 0 Å². The molecule has 0 amide bonds. The molecule has 0 unspecified atom stereocenters. The van der Waals surface area contributed by atoms with Crippen LogP contribution in [0, 0.1) is 0 Å². The van der Waals surface area contributed by atoms with Crippen LogP contribution in [-0.2, 0) is 0 Å². The lowest BCUT2D eigenvalue weighted by atomic mass is 10.0. The lowest BCUT2D eigenvalue weighted by Crippen LogP contribution is -1.85. The number of hydrogen-bond donors (Lipinski definition) is 0. The fourth-order valence-corrected chi connectivity index (χ4v) is 3.06. The van der Waals surface area contributed by atoms with Gasteiger partial charge in [0.1, 0.15) is 0 Å². The minimum absolute atomic E-state index is 0.584. The Bertz CT molecular complexity index is 652. The van der Waals surface area contributed by atoms with Gasteiger partial charge < -0.3 is 0 Å². The molecule has 2 heterocycles. The van der Waals surface area contributed by atoms with E-state index >= 15 is 0 Å². The Morgan fingerprint density at radius 2 is 1.94 bits per heavy atom. The average molecular weight is 227 g/mol. The van der Waals surface area contributed by atoms with E-state index in [1.54, 1.807) is 0 Å². The highest BCUT2D eigenvalue weighted by atomic mass is 32.1. The zero-order valence-electron chi connectivity index (χ0n) is 9.40. The standard InChI is InChI=1S/C14H13NS/c1-9(2)10-3-4-13-12(7-10)11-5-6-15-8-14(11)16-13/h3-9H,1-2H3. The topological polar surface area (TPSA) is 12.9 Å². The second-order valence-corrected chi connectivity index (χ2v) is 5.47. The van der Waals surface area contributed by atoms with Crippen LogP contribution in [-0.4, -0.2) is 4.98 Å². The Balaban J connectivity index is 2.40. The van der Waals surface area contributed by atoms with E-state index in [2.05, 4.69) is 43.1 Å². The first-order valence-electron chi connectivity index (χ1n) is 5.52. The molecule has 0 N–H and O–H groups in total. The molecule has 16 heavy (non-hydrogen) atoms. The normalized spacial score (nSPS) is 11.7. The molecule has 0 saturated carbocycles. The van der Waals surface area contributed by atoms with Crippen LogP contribution in [0.1, 0.15) is 25.3 Å². The van der Waals surface area contributed by atoms with Gasteiger partial charge in [0.15, 0.2) is 0 Å². The summed E-state index contributed by atoms with van der Waals surface area (Å²) in [6, 6.07) is 8.89. The summed E-state index contributed by atoms with van der Waals surface area (Å²) in [7, 11) is 0. The third kappa shape index (κ3) is 1.41. The number of benzene rings is 1. The Labute approximate surface area is 98.7 Å². The summed E-state index contributed by atoms with van der Waals surface area (Å²) in [5.41, 5.74) is 1.41. The highest BCUT2D eigenvalue weighted by Crippen LogP contribution is 2.34. The van der Waals surface area contributed by atoms with Crippen molar-refractivity contribution in [3.05, 3.63) is 42.2 Å². The number of hydrogen-bond acceptors (Lipinski definition) is 2. The predicted octanol–water partition coefficient (Wildman–Crippen LogP) is 4.57. The molecule has 0 aliphatic carbocycles.